The Balaban J connectivity index is 1.42. The van der Waals surface area contributed by atoms with E-state index in [4.69, 9.17) is 4.74 Å². The Kier molecular flexibility index (Phi) is 5.37. The molecular weight excluding hydrogens is 278 g/mol. The molecule has 3 fully saturated rings. The molecule has 0 saturated carbocycles. The molecule has 3 rings (SSSR count). The van der Waals surface area contributed by atoms with E-state index in [1.165, 1.54) is 6.54 Å². The maximum atomic E-state index is 12.4. The number of carbonyl (C=O) groups is 1. The number of carbonyl (C=O) groups excluding carboxylic acids is 1. The Morgan fingerprint density at radius 3 is 2.41 bits per heavy atom. The van der Waals surface area contributed by atoms with Gasteiger partial charge in [-0.05, 0) is 45.6 Å². The molecule has 3 atom stereocenters. The molecule has 3 aliphatic heterocycles. The zero-order valence-corrected chi connectivity index (χ0v) is 14.1. The van der Waals surface area contributed by atoms with Gasteiger partial charge in [0.1, 0.15) is 0 Å². The lowest BCUT2D eigenvalue weighted by Gasteiger charge is -2.39. The van der Waals surface area contributed by atoms with Crippen molar-refractivity contribution in [3.05, 3.63) is 0 Å². The van der Waals surface area contributed by atoms with Gasteiger partial charge in [-0.1, -0.05) is 0 Å². The van der Waals surface area contributed by atoms with Crippen LogP contribution < -0.4 is 5.32 Å². The number of ether oxygens (including phenoxy) is 1. The second-order valence-electron chi connectivity index (χ2n) is 7.43. The fraction of sp³-hybridized carbons (Fsp3) is 0.941. The highest BCUT2D eigenvalue weighted by molar-refractivity contribution is 5.79. The van der Waals surface area contributed by atoms with Gasteiger partial charge in [0.25, 0.3) is 0 Å². The Morgan fingerprint density at radius 1 is 1.14 bits per heavy atom. The molecule has 3 heterocycles. The van der Waals surface area contributed by atoms with Crippen molar-refractivity contribution in [1.82, 2.24) is 15.1 Å². The Bertz CT molecular complexity index is 366. The topological polar surface area (TPSA) is 44.8 Å². The summed E-state index contributed by atoms with van der Waals surface area (Å²) in [6.45, 7) is 11.4. The molecule has 0 aromatic rings. The minimum absolute atomic E-state index is 0.234. The average molecular weight is 309 g/mol. The van der Waals surface area contributed by atoms with Gasteiger partial charge in [-0.25, -0.2) is 0 Å². The lowest BCUT2D eigenvalue weighted by Crippen LogP contribution is -2.49. The predicted octanol–water partition coefficient (Wildman–Crippen LogP) is 0.944. The van der Waals surface area contributed by atoms with Crippen LogP contribution in [0.5, 0.6) is 0 Å². The summed E-state index contributed by atoms with van der Waals surface area (Å²) in [4.78, 5) is 17.1. The minimum Gasteiger partial charge on any atom is -0.373 e. The van der Waals surface area contributed by atoms with Crippen LogP contribution in [0.2, 0.25) is 0 Å². The summed E-state index contributed by atoms with van der Waals surface area (Å²) >= 11 is 0. The molecule has 126 valence electrons. The van der Waals surface area contributed by atoms with Crippen LogP contribution in [-0.2, 0) is 9.53 Å². The quantitative estimate of drug-likeness (QED) is 0.843. The molecule has 0 aliphatic carbocycles. The number of hydrogen-bond donors (Lipinski definition) is 1. The van der Waals surface area contributed by atoms with Crippen molar-refractivity contribution in [2.75, 3.05) is 45.8 Å². The Labute approximate surface area is 134 Å². The summed E-state index contributed by atoms with van der Waals surface area (Å²) < 4.78 is 5.81. The van der Waals surface area contributed by atoms with Crippen molar-refractivity contribution in [1.29, 1.82) is 0 Å². The van der Waals surface area contributed by atoms with Gasteiger partial charge in [-0.15, -0.1) is 0 Å². The van der Waals surface area contributed by atoms with E-state index < -0.39 is 0 Å². The first-order chi connectivity index (χ1) is 10.6. The number of amides is 1. The van der Waals surface area contributed by atoms with E-state index in [0.717, 1.165) is 64.4 Å². The van der Waals surface area contributed by atoms with Crippen molar-refractivity contribution >= 4 is 5.91 Å². The highest BCUT2D eigenvalue weighted by Crippen LogP contribution is 2.23. The molecule has 5 heteroatoms. The zero-order chi connectivity index (χ0) is 15.5. The van der Waals surface area contributed by atoms with Crippen LogP contribution in [-0.4, -0.2) is 73.7 Å². The molecule has 0 aromatic heterocycles. The summed E-state index contributed by atoms with van der Waals surface area (Å²) in [6, 6.07) is 0. The zero-order valence-electron chi connectivity index (χ0n) is 14.1. The number of nitrogens with one attached hydrogen (secondary N) is 1. The van der Waals surface area contributed by atoms with E-state index in [1.54, 1.807) is 0 Å². The molecule has 0 bridgehead atoms. The molecule has 0 aromatic carbocycles. The van der Waals surface area contributed by atoms with Crippen LogP contribution in [0.15, 0.2) is 0 Å². The molecule has 3 aliphatic rings. The highest BCUT2D eigenvalue weighted by atomic mass is 16.5. The van der Waals surface area contributed by atoms with Crippen LogP contribution >= 0.6 is 0 Å². The first-order valence-electron chi connectivity index (χ1n) is 8.99. The van der Waals surface area contributed by atoms with Gasteiger partial charge < -0.3 is 15.0 Å². The lowest BCUT2D eigenvalue weighted by molar-refractivity contribution is -0.136. The van der Waals surface area contributed by atoms with Crippen LogP contribution in [0, 0.1) is 11.8 Å². The molecule has 3 unspecified atom stereocenters. The maximum Gasteiger partial charge on any atom is 0.227 e. The van der Waals surface area contributed by atoms with Crippen molar-refractivity contribution in [3.63, 3.8) is 0 Å². The standard InChI is InChI=1S/C17H31N3O2/c1-13-10-19(11-14(2)22-13)12-15-4-7-20(8-5-15)17(21)16-3-6-18-9-16/h13-16,18H,3-12H2,1-2H3. The van der Waals surface area contributed by atoms with Gasteiger partial charge >= 0.3 is 0 Å². The third kappa shape index (κ3) is 4.00. The molecule has 0 spiro atoms. The van der Waals surface area contributed by atoms with Crippen LogP contribution in [0.25, 0.3) is 0 Å². The van der Waals surface area contributed by atoms with Crippen LogP contribution in [0.4, 0.5) is 0 Å². The van der Waals surface area contributed by atoms with E-state index >= 15 is 0 Å². The summed E-state index contributed by atoms with van der Waals surface area (Å²) in [5, 5.41) is 3.30. The molecule has 1 amide bonds. The number of piperidine rings is 1. The molecule has 22 heavy (non-hydrogen) atoms. The third-order valence-electron chi connectivity index (χ3n) is 5.35. The molecule has 5 nitrogen and oxygen atoms in total. The van der Waals surface area contributed by atoms with Gasteiger partial charge in [-0.2, -0.15) is 0 Å². The second-order valence-corrected chi connectivity index (χ2v) is 7.43. The number of morpholine rings is 1. The van der Waals surface area contributed by atoms with Gasteiger partial charge in [0.05, 0.1) is 18.1 Å². The number of rotatable bonds is 3. The minimum atomic E-state index is 0.234. The number of nitrogens with zero attached hydrogens (tertiary/aromatic N) is 2. The van der Waals surface area contributed by atoms with E-state index in [2.05, 4.69) is 29.0 Å². The smallest absolute Gasteiger partial charge is 0.227 e. The monoisotopic (exact) mass is 309 g/mol. The number of hydrogen-bond acceptors (Lipinski definition) is 4. The van der Waals surface area contributed by atoms with Crippen molar-refractivity contribution < 1.29 is 9.53 Å². The van der Waals surface area contributed by atoms with Crippen LogP contribution in [0.1, 0.15) is 33.1 Å². The summed E-state index contributed by atoms with van der Waals surface area (Å²) in [5.74, 6) is 1.36. The second kappa shape index (κ2) is 7.28. The fourth-order valence-corrected chi connectivity index (χ4v) is 4.26. The Hall–Kier alpha value is -0.650. The summed E-state index contributed by atoms with van der Waals surface area (Å²) in [7, 11) is 0. The van der Waals surface area contributed by atoms with Gasteiger partial charge in [0.2, 0.25) is 5.91 Å². The molecule has 1 N–H and O–H groups in total. The van der Waals surface area contributed by atoms with Crippen molar-refractivity contribution in [2.24, 2.45) is 11.8 Å². The van der Waals surface area contributed by atoms with E-state index in [9.17, 15) is 4.79 Å². The van der Waals surface area contributed by atoms with Gasteiger partial charge in [-0.3, -0.25) is 9.69 Å². The fourth-order valence-electron chi connectivity index (χ4n) is 4.26. The third-order valence-corrected chi connectivity index (χ3v) is 5.35. The van der Waals surface area contributed by atoms with Gasteiger partial charge in [0.15, 0.2) is 0 Å². The lowest BCUT2D eigenvalue weighted by atomic mass is 9.94. The summed E-state index contributed by atoms with van der Waals surface area (Å²) in [6.07, 6.45) is 4.03. The van der Waals surface area contributed by atoms with E-state index in [-0.39, 0.29) is 5.92 Å². The normalized spacial score (nSPS) is 35.0. The van der Waals surface area contributed by atoms with Gasteiger partial charge in [0, 0.05) is 39.3 Å². The number of likely N-dealkylation sites (tertiary alicyclic amines) is 1. The van der Waals surface area contributed by atoms with E-state index in [0.29, 0.717) is 18.1 Å². The average Bonchev–Trinajstić information content (AvgIpc) is 3.00. The largest absolute Gasteiger partial charge is 0.373 e. The SMILES string of the molecule is CC1CN(CC2CCN(C(=O)C3CCNC3)CC2)CC(C)O1. The first-order valence-corrected chi connectivity index (χ1v) is 8.99. The molecule has 3 saturated heterocycles. The summed E-state index contributed by atoms with van der Waals surface area (Å²) in [5.41, 5.74) is 0. The molecular formula is C17H31N3O2. The first kappa shape index (κ1) is 16.2. The Morgan fingerprint density at radius 2 is 1.82 bits per heavy atom. The molecule has 0 radical (unpaired) electrons. The van der Waals surface area contributed by atoms with Crippen molar-refractivity contribution in [2.45, 2.75) is 45.3 Å². The predicted molar refractivity (Wildman–Crippen MR) is 86.7 cm³/mol. The van der Waals surface area contributed by atoms with Crippen LogP contribution in [0.3, 0.4) is 0 Å². The van der Waals surface area contributed by atoms with Crippen molar-refractivity contribution in [3.8, 4) is 0 Å². The maximum absolute atomic E-state index is 12.4. The van der Waals surface area contributed by atoms with E-state index in [1.807, 2.05) is 0 Å². The highest BCUT2D eigenvalue weighted by Gasteiger charge is 2.31.